The quantitative estimate of drug-likeness (QED) is 0.288. The van der Waals surface area contributed by atoms with E-state index in [9.17, 15) is 18.0 Å². The number of ether oxygens (including phenoxy) is 2. The van der Waals surface area contributed by atoms with E-state index in [0.717, 1.165) is 29.2 Å². The van der Waals surface area contributed by atoms with Gasteiger partial charge in [-0.1, -0.05) is 30.3 Å². The lowest BCUT2D eigenvalue weighted by molar-refractivity contribution is -0.137. The van der Waals surface area contributed by atoms with Crippen molar-refractivity contribution in [3.8, 4) is 28.4 Å². The van der Waals surface area contributed by atoms with Crippen LogP contribution in [0.15, 0.2) is 78.9 Å². The summed E-state index contributed by atoms with van der Waals surface area (Å²) in [5, 5.41) is 10.3. The fourth-order valence-electron chi connectivity index (χ4n) is 3.86. The predicted molar refractivity (Wildman–Crippen MR) is 129 cm³/mol. The molecule has 0 bridgehead atoms. The summed E-state index contributed by atoms with van der Waals surface area (Å²) in [6.45, 7) is 1.82. The summed E-state index contributed by atoms with van der Waals surface area (Å²) in [4.78, 5) is 10.8. The SMILES string of the molecule is COc1ccc2c(Oc3ccc(C=CC(=O)O)cc3)c(-c3cccc(C(F)(F)F)c3)c(C)cc2c1. The van der Waals surface area contributed by atoms with Gasteiger partial charge < -0.3 is 14.6 Å². The van der Waals surface area contributed by atoms with Crippen LogP contribution in [0.25, 0.3) is 28.0 Å². The number of benzene rings is 4. The third-order valence-electron chi connectivity index (χ3n) is 5.49. The number of rotatable bonds is 6. The standard InChI is InChI=1S/C28H21F3O4/c1-17-14-20-16-23(34-2)11-12-24(20)27(26(17)19-4-3-5-21(15-19)28(29,30)31)35-22-9-6-18(7-10-22)8-13-25(32)33/h3-16H,1-2H3,(H,32,33). The van der Waals surface area contributed by atoms with Gasteiger partial charge in [0.15, 0.2) is 0 Å². The molecule has 0 radical (unpaired) electrons. The van der Waals surface area contributed by atoms with Gasteiger partial charge >= 0.3 is 12.1 Å². The first-order valence-electron chi connectivity index (χ1n) is 10.6. The Kier molecular flexibility index (Phi) is 6.51. The Bertz CT molecular complexity index is 1420. The van der Waals surface area contributed by atoms with Crippen molar-refractivity contribution in [2.75, 3.05) is 7.11 Å². The Balaban J connectivity index is 1.88. The molecule has 7 heteroatoms. The van der Waals surface area contributed by atoms with Gasteiger partial charge in [-0.25, -0.2) is 4.79 Å². The van der Waals surface area contributed by atoms with Gasteiger partial charge in [-0.05, 0) is 77.5 Å². The highest BCUT2D eigenvalue weighted by Gasteiger charge is 2.31. The Morgan fingerprint density at radius 3 is 2.31 bits per heavy atom. The van der Waals surface area contributed by atoms with Crippen LogP contribution in [0.2, 0.25) is 0 Å². The number of carbonyl (C=O) groups is 1. The minimum absolute atomic E-state index is 0.381. The first-order chi connectivity index (χ1) is 16.7. The lowest BCUT2D eigenvalue weighted by Crippen LogP contribution is -2.05. The fourth-order valence-corrected chi connectivity index (χ4v) is 3.86. The number of fused-ring (bicyclic) bond motifs is 1. The van der Waals surface area contributed by atoms with Crippen LogP contribution in [0.5, 0.6) is 17.2 Å². The third kappa shape index (κ3) is 5.30. The molecule has 0 saturated heterocycles. The first kappa shape index (κ1) is 23.9. The Labute approximate surface area is 199 Å². The largest absolute Gasteiger partial charge is 0.497 e. The number of aliphatic carboxylic acids is 1. The maximum absolute atomic E-state index is 13.4. The number of hydrogen-bond acceptors (Lipinski definition) is 3. The molecule has 0 unspecified atom stereocenters. The smallest absolute Gasteiger partial charge is 0.416 e. The fraction of sp³-hybridized carbons (Fsp3) is 0.107. The number of carboxylic acids is 1. The van der Waals surface area contributed by atoms with Crippen molar-refractivity contribution >= 4 is 22.8 Å². The molecule has 4 rings (SSSR count). The molecular weight excluding hydrogens is 457 g/mol. The van der Waals surface area contributed by atoms with E-state index in [1.54, 1.807) is 43.5 Å². The number of aryl methyl sites for hydroxylation is 1. The zero-order chi connectivity index (χ0) is 25.2. The Morgan fingerprint density at radius 2 is 1.66 bits per heavy atom. The maximum Gasteiger partial charge on any atom is 0.416 e. The van der Waals surface area contributed by atoms with E-state index in [1.165, 1.54) is 12.1 Å². The van der Waals surface area contributed by atoms with Crippen molar-refractivity contribution in [3.05, 3.63) is 95.6 Å². The van der Waals surface area contributed by atoms with Crippen molar-refractivity contribution in [1.29, 1.82) is 0 Å². The normalized spacial score (nSPS) is 11.7. The lowest BCUT2D eigenvalue weighted by Gasteiger charge is -2.19. The summed E-state index contributed by atoms with van der Waals surface area (Å²) in [5.41, 5.74) is 1.58. The number of carboxylic acid groups (broad SMARTS) is 1. The molecule has 0 saturated carbocycles. The van der Waals surface area contributed by atoms with Crippen LogP contribution in [0, 0.1) is 6.92 Å². The summed E-state index contributed by atoms with van der Waals surface area (Å²) in [7, 11) is 1.56. The van der Waals surface area contributed by atoms with Gasteiger partial charge in [0.05, 0.1) is 12.7 Å². The molecule has 35 heavy (non-hydrogen) atoms. The van der Waals surface area contributed by atoms with Crippen molar-refractivity contribution in [3.63, 3.8) is 0 Å². The predicted octanol–water partition coefficient (Wildman–Crippen LogP) is 7.73. The molecule has 178 valence electrons. The van der Waals surface area contributed by atoms with Crippen LogP contribution in [0.3, 0.4) is 0 Å². The molecule has 4 aromatic carbocycles. The second-order valence-corrected chi connectivity index (χ2v) is 7.91. The van der Waals surface area contributed by atoms with E-state index < -0.39 is 17.7 Å². The minimum atomic E-state index is -4.48. The van der Waals surface area contributed by atoms with E-state index in [1.807, 2.05) is 25.1 Å². The van der Waals surface area contributed by atoms with E-state index >= 15 is 0 Å². The molecule has 0 spiro atoms. The number of hydrogen-bond donors (Lipinski definition) is 1. The molecule has 0 atom stereocenters. The summed E-state index contributed by atoms with van der Waals surface area (Å²) in [5.74, 6) is 0.450. The number of alkyl halides is 3. The van der Waals surface area contributed by atoms with Crippen LogP contribution in [-0.4, -0.2) is 18.2 Å². The Morgan fingerprint density at radius 1 is 0.943 bits per heavy atom. The maximum atomic E-state index is 13.4. The van der Waals surface area contributed by atoms with Crippen molar-refractivity contribution in [1.82, 2.24) is 0 Å². The number of halogens is 3. The molecule has 1 N–H and O–H groups in total. The van der Waals surface area contributed by atoms with Crippen LogP contribution in [-0.2, 0) is 11.0 Å². The van der Waals surface area contributed by atoms with Gasteiger partial charge in [0.1, 0.15) is 17.2 Å². The van der Waals surface area contributed by atoms with Gasteiger partial charge in [-0.3, -0.25) is 0 Å². The van der Waals surface area contributed by atoms with Gasteiger partial charge in [0.2, 0.25) is 0 Å². The molecule has 4 aromatic rings. The monoisotopic (exact) mass is 478 g/mol. The van der Waals surface area contributed by atoms with Crippen LogP contribution < -0.4 is 9.47 Å². The van der Waals surface area contributed by atoms with Crippen molar-refractivity contribution < 1.29 is 32.5 Å². The molecule has 0 heterocycles. The molecule has 0 amide bonds. The molecule has 4 nitrogen and oxygen atoms in total. The van der Waals surface area contributed by atoms with E-state index in [4.69, 9.17) is 14.6 Å². The van der Waals surface area contributed by atoms with Gasteiger partial charge in [-0.15, -0.1) is 0 Å². The van der Waals surface area contributed by atoms with Gasteiger partial charge in [0.25, 0.3) is 0 Å². The second kappa shape index (κ2) is 9.54. The molecule has 0 aromatic heterocycles. The minimum Gasteiger partial charge on any atom is -0.497 e. The summed E-state index contributed by atoms with van der Waals surface area (Å²) >= 11 is 0. The molecule has 0 fully saturated rings. The average Bonchev–Trinajstić information content (AvgIpc) is 2.82. The molecule has 0 aliphatic heterocycles. The topological polar surface area (TPSA) is 55.8 Å². The zero-order valence-electron chi connectivity index (χ0n) is 18.9. The van der Waals surface area contributed by atoms with Crippen LogP contribution in [0.1, 0.15) is 16.7 Å². The molecule has 0 aliphatic carbocycles. The highest BCUT2D eigenvalue weighted by molar-refractivity contribution is 5.98. The highest BCUT2D eigenvalue weighted by atomic mass is 19.4. The van der Waals surface area contributed by atoms with Crippen LogP contribution >= 0.6 is 0 Å². The van der Waals surface area contributed by atoms with Gasteiger partial charge in [0, 0.05) is 17.0 Å². The van der Waals surface area contributed by atoms with Crippen molar-refractivity contribution in [2.45, 2.75) is 13.1 Å². The second-order valence-electron chi connectivity index (χ2n) is 7.91. The lowest BCUT2D eigenvalue weighted by atomic mass is 9.93. The number of methoxy groups -OCH3 is 1. The van der Waals surface area contributed by atoms with Crippen LogP contribution in [0.4, 0.5) is 13.2 Å². The van der Waals surface area contributed by atoms with Gasteiger partial charge in [-0.2, -0.15) is 13.2 Å². The average molecular weight is 478 g/mol. The van der Waals surface area contributed by atoms with Crippen molar-refractivity contribution in [2.24, 2.45) is 0 Å². The van der Waals surface area contributed by atoms with E-state index in [0.29, 0.717) is 39.3 Å². The summed E-state index contributed by atoms with van der Waals surface area (Å²) < 4.78 is 51.9. The van der Waals surface area contributed by atoms with E-state index in [-0.39, 0.29) is 0 Å². The summed E-state index contributed by atoms with van der Waals surface area (Å²) in [6.07, 6.45) is -1.99. The highest BCUT2D eigenvalue weighted by Crippen LogP contribution is 2.44. The summed E-state index contributed by atoms with van der Waals surface area (Å²) in [6, 6.07) is 19.2. The van der Waals surface area contributed by atoms with E-state index in [2.05, 4.69) is 0 Å². The first-order valence-corrected chi connectivity index (χ1v) is 10.6. The Hall–Kier alpha value is -4.26. The molecule has 0 aliphatic rings. The molecular formula is C28H21F3O4. The third-order valence-corrected chi connectivity index (χ3v) is 5.49. The zero-order valence-corrected chi connectivity index (χ0v) is 18.9.